The SMILES string of the molecule is COc1cc(C2=CCN(C[C@H](C)O)CC2)ccc1-c1nc2ncc(Cl)c(N[C@H]3[C@@H](OC(N)=O)[C@@H]4C=C[C@H]3C4)c2[nH]1. The number of carbonyl (C=O) groups is 1. The number of β-amino-alcohol motifs (C(OH)–C–C–N with tert-alkyl or cyclic N) is 1. The van der Waals surface area contributed by atoms with Crippen LogP contribution in [-0.2, 0) is 4.74 Å². The van der Waals surface area contributed by atoms with Crippen molar-refractivity contribution in [2.75, 3.05) is 32.1 Å². The van der Waals surface area contributed by atoms with E-state index in [9.17, 15) is 9.90 Å². The minimum Gasteiger partial charge on any atom is -0.496 e. The van der Waals surface area contributed by atoms with Gasteiger partial charge in [0.2, 0.25) is 0 Å². The Hall–Kier alpha value is -3.60. The van der Waals surface area contributed by atoms with E-state index in [0.717, 1.165) is 37.1 Å². The first-order valence-corrected chi connectivity index (χ1v) is 13.9. The van der Waals surface area contributed by atoms with Crippen LogP contribution >= 0.6 is 11.6 Å². The first kappa shape index (κ1) is 26.6. The summed E-state index contributed by atoms with van der Waals surface area (Å²) < 4.78 is 11.3. The van der Waals surface area contributed by atoms with Crippen LogP contribution in [0.5, 0.6) is 5.75 Å². The summed E-state index contributed by atoms with van der Waals surface area (Å²) in [6.45, 7) is 4.19. The molecule has 1 saturated carbocycles. The van der Waals surface area contributed by atoms with Gasteiger partial charge in [0.05, 0.1) is 41.7 Å². The summed E-state index contributed by atoms with van der Waals surface area (Å²) in [4.78, 5) is 26.4. The smallest absolute Gasteiger partial charge is 0.404 e. The lowest BCUT2D eigenvalue weighted by Gasteiger charge is -2.29. The Labute approximate surface area is 237 Å². The molecule has 1 aliphatic heterocycles. The topological polar surface area (TPSA) is 139 Å². The number of halogens is 1. The predicted molar refractivity (Wildman–Crippen MR) is 154 cm³/mol. The highest BCUT2D eigenvalue weighted by Crippen LogP contribution is 2.44. The number of pyridine rings is 1. The average molecular weight is 565 g/mol. The van der Waals surface area contributed by atoms with E-state index in [-0.39, 0.29) is 30.1 Å². The Morgan fingerprint density at radius 3 is 2.90 bits per heavy atom. The number of fused-ring (bicyclic) bond motifs is 3. The molecule has 11 heteroatoms. The number of amides is 1. The molecule has 2 aromatic heterocycles. The molecule has 1 amide bonds. The lowest BCUT2D eigenvalue weighted by molar-refractivity contribution is 0.0854. The van der Waals surface area contributed by atoms with Gasteiger partial charge in [0.25, 0.3) is 0 Å². The molecule has 0 radical (unpaired) electrons. The van der Waals surface area contributed by atoms with Crippen LogP contribution in [0.4, 0.5) is 10.5 Å². The van der Waals surface area contributed by atoms with Gasteiger partial charge in [-0.2, -0.15) is 0 Å². The van der Waals surface area contributed by atoms with Crippen LogP contribution in [0, 0.1) is 11.8 Å². The molecule has 1 fully saturated rings. The molecular formula is C29H33ClN6O4. The summed E-state index contributed by atoms with van der Waals surface area (Å²) in [6.07, 6.45) is 8.29. The number of ether oxygens (including phenoxy) is 2. The number of hydrogen-bond acceptors (Lipinski definition) is 8. The van der Waals surface area contributed by atoms with Gasteiger partial charge in [0, 0.05) is 31.5 Å². The zero-order valence-electron chi connectivity index (χ0n) is 22.4. The molecule has 210 valence electrons. The summed E-state index contributed by atoms with van der Waals surface area (Å²) in [6, 6.07) is 5.94. The van der Waals surface area contributed by atoms with E-state index in [2.05, 4.69) is 44.5 Å². The summed E-state index contributed by atoms with van der Waals surface area (Å²) in [5, 5.41) is 13.6. The monoisotopic (exact) mass is 564 g/mol. The van der Waals surface area contributed by atoms with Gasteiger partial charge in [-0.1, -0.05) is 35.9 Å². The fraction of sp³-hybridized carbons (Fsp3) is 0.414. The number of aromatic amines is 1. The van der Waals surface area contributed by atoms with Crippen molar-refractivity contribution in [1.29, 1.82) is 0 Å². The van der Waals surface area contributed by atoms with E-state index >= 15 is 0 Å². The second-order valence-corrected chi connectivity index (χ2v) is 11.2. The Bertz CT molecular complexity index is 1500. The van der Waals surface area contributed by atoms with Crippen LogP contribution < -0.4 is 15.8 Å². The molecule has 2 bridgehead atoms. The molecule has 5 N–H and O–H groups in total. The van der Waals surface area contributed by atoms with E-state index in [1.807, 2.05) is 19.1 Å². The number of rotatable bonds is 8. The van der Waals surface area contributed by atoms with Gasteiger partial charge in [-0.05, 0) is 43.0 Å². The van der Waals surface area contributed by atoms with Crippen molar-refractivity contribution in [3.63, 3.8) is 0 Å². The maximum Gasteiger partial charge on any atom is 0.404 e. The van der Waals surface area contributed by atoms with Gasteiger partial charge in [0.15, 0.2) is 5.65 Å². The number of carbonyl (C=O) groups excluding carboxylic acids is 1. The Morgan fingerprint density at radius 2 is 2.17 bits per heavy atom. The van der Waals surface area contributed by atoms with Gasteiger partial charge >= 0.3 is 6.09 Å². The van der Waals surface area contributed by atoms with Gasteiger partial charge in [0.1, 0.15) is 23.2 Å². The summed E-state index contributed by atoms with van der Waals surface area (Å²) >= 11 is 6.62. The van der Waals surface area contributed by atoms with Crippen molar-refractivity contribution in [3.8, 4) is 17.1 Å². The third-order valence-electron chi connectivity index (χ3n) is 8.07. The number of nitrogens with one attached hydrogen (secondary N) is 2. The number of hydrogen-bond donors (Lipinski definition) is 4. The van der Waals surface area contributed by atoms with Crippen LogP contribution in [0.3, 0.4) is 0 Å². The third kappa shape index (κ3) is 5.02. The summed E-state index contributed by atoms with van der Waals surface area (Å²) in [5.74, 6) is 1.61. The van der Waals surface area contributed by atoms with Crippen molar-refractivity contribution in [2.45, 2.75) is 38.0 Å². The molecule has 10 nitrogen and oxygen atoms in total. The zero-order valence-corrected chi connectivity index (χ0v) is 23.2. The van der Waals surface area contributed by atoms with E-state index in [4.69, 9.17) is 31.8 Å². The number of aliphatic hydroxyl groups is 1. The van der Waals surface area contributed by atoms with Crippen molar-refractivity contribution in [2.24, 2.45) is 17.6 Å². The van der Waals surface area contributed by atoms with E-state index < -0.39 is 6.09 Å². The maximum absolute atomic E-state index is 11.6. The lowest BCUT2D eigenvalue weighted by atomic mass is 9.97. The maximum atomic E-state index is 11.6. The molecule has 3 heterocycles. The zero-order chi connectivity index (χ0) is 28.0. The molecular weight excluding hydrogens is 532 g/mol. The molecule has 3 aliphatic rings. The Kier molecular flexibility index (Phi) is 7.16. The molecule has 0 saturated heterocycles. The highest BCUT2D eigenvalue weighted by molar-refractivity contribution is 6.34. The van der Waals surface area contributed by atoms with Crippen LogP contribution in [0.15, 0.2) is 42.6 Å². The number of methoxy groups -OCH3 is 1. The fourth-order valence-corrected chi connectivity index (χ4v) is 6.43. The highest BCUT2D eigenvalue weighted by Gasteiger charge is 2.47. The van der Waals surface area contributed by atoms with Crippen LogP contribution in [0.2, 0.25) is 5.02 Å². The van der Waals surface area contributed by atoms with Crippen molar-refractivity contribution >= 4 is 40.1 Å². The molecule has 3 aromatic rings. The predicted octanol–water partition coefficient (Wildman–Crippen LogP) is 4.21. The largest absolute Gasteiger partial charge is 0.496 e. The molecule has 2 aliphatic carbocycles. The lowest BCUT2D eigenvalue weighted by Crippen LogP contribution is -2.41. The standard InChI is InChI=1S/C29H33ClN6O4/c1-15(37)14-36-9-7-16(8-10-36)17-5-6-20(22(12-17)39-2)27-34-25-24(21(30)13-32-28(25)35-27)33-23-18-3-4-19(11-18)26(23)40-29(31)38/h3-7,12-13,15,18-19,23,26,37H,8-11,14H2,1-2H3,(H2,31,38)(H2,32,33,34,35)/t15-,18-,19+,23+,26-/m0/s1. The van der Waals surface area contributed by atoms with Gasteiger partial charge in [-0.25, -0.2) is 14.8 Å². The number of primary amides is 1. The van der Waals surface area contributed by atoms with Crippen LogP contribution in [0.25, 0.3) is 28.1 Å². The van der Waals surface area contributed by atoms with Crippen molar-refractivity contribution < 1.29 is 19.4 Å². The second kappa shape index (κ2) is 10.8. The molecule has 5 atom stereocenters. The van der Waals surface area contributed by atoms with Gasteiger partial charge in [-0.3, -0.25) is 4.90 Å². The number of aromatic nitrogens is 3. The fourth-order valence-electron chi connectivity index (χ4n) is 6.23. The van der Waals surface area contributed by atoms with E-state index in [1.54, 1.807) is 13.3 Å². The Morgan fingerprint density at radius 1 is 1.35 bits per heavy atom. The van der Waals surface area contributed by atoms with Gasteiger partial charge < -0.3 is 30.6 Å². The van der Waals surface area contributed by atoms with E-state index in [0.29, 0.717) is 40.0 Å². The molecule has 6 rings (SSSR count). The molecule has 0 spiro atoms. The molecule has 40 heavy (non-hydrogen) atoms. The first-order chi connectivity index (χ1) is 19.3. The average Bonchev–Trinajstić information content (AvgIpc) is 3.66. The molecule has 0 unspecified atom stereocenters. The third-order valence-corrected chi connectivity index (χ3v) is 8.35. The van der Waals surface area contributed by atoms with Crippen molar-refractivity contribution in [1.82, 2.24) is 19.9 Å². The second-order valence-electron chi connectivity index (χ2n) is 10.8. The van der Waals surface area contributed by atoms with Gasteiger partial charge in [-0.15, -0.1) is 0 Å². The van der Waals surface area contributed by atoms with Crippen LogP contribution in [-0.4, -0.2) is 76.0 Å². The Balaban J connectivity index is 1.29. The van der Waals surface area contributed by atoms with Crippen molar-refractivity contribution in [3.05, 3.63) is 53.2 Å². The van der Waals surface area contributed by atoms with E-state index in [1.165, 1.54) is 5.57 Å². The quantitative estimate of drug-likeness (QED) is 0.298. The first-order valence-electron chi connectivity index (χ1n) is 13.5. The minimum atomic E-state index is -0.788. The number of nitrogens with zero attached hydrogens (tertiary/aromatic N) is 3. The highest BCUT2D eigenvalue weighted by atomic mass is 35.5. The minimum absolute atomic E-state index is 0.117. The number of benzene rings is 1. The number of nitrogens with two attached hydrogens (primary N) is 1. The summed E-state index contributed by atoms with van der Waals surface area (Å²) in [7, 11) is 1.65. The molecule has 1 aromatic carbocycles. The summed E-state index contributed by atoms with van der Waals surface area (Å²) in [5.41, 5.74) is 10.3. The van der Waals surface area contributed by atoms with Crippen LogP contribution in [0.1, 0.15) is 25.3 Å². The number of aliphatic hydroxyl groups excluding tert-OH is 1. The normalized spacial score (nSPS) is 24.8. The number of anilines is 1. The number of H-pyrrole nitrogens is 1. The number of imidazole rings is 1.